The van der Waals surface area contributed by atoms with E-state index in [1.807, 2.05) is 0 Å². The Morgan fingerprint density at radius 3 is 2.16 bits per heavy atom. The fraction of sp³-hybridized carbons (Fsp3) is 0.857. The van der Waals surface area contributed by atoms with E-state index in [1.165, 1.54) is 4.90 Å². The Hall–Kier alpha value is -1.10. The van der Waals surface area contributed by atoms with Crippen molar-refractivity contribution in [1.82, 2.24) is 15.1 Å². The first-order chi connectivity index (χ1) is 9.06. The minimum atomic E-state index is -0.488. The summed E-state index contributed by atoms with van der Waals surface area (Å²) in [5.41, 5.74) is 0. The number of nitrogens with zero attached hydrogens (tertiary/aromatic N) is 2. The molecule has 5 nitrogen and oxygen atoms in total. The molecule has 0 aromatic carbocycles. The van der Waals surface area contributed by atoms with Gasteiger partial charge in [0, 0.05) is 20.1 Å². The maximum atomic E-state index is 11.7. The lowest BCUT2D eigenvalue weighted by atomic mass is 10.3. The summed E-state index contributed by atoms with van der Waals surface area (Å²) in [5, 5.41) is 2.69. The molecular weight excluding hydrogens is 242 g/mol. The van der Waals surface area contributed by atoms with Crippen LogP contribution in [0.25, 0.3) is 0 Å². The highest BCUT2D eigenvalue weighted by atomic mass is 16.2. The van der Waals surface area contributed by atoms with Gasteiger partial charge in [0.2, 0.25) is 0 Å². The van der Waals surface area contributed by atoms with Crippen molar-refractivity contribution in [3.63, 3.8) is 0 Å². The van der Waals surface area contributed by atoms with Crippen LogP contribution in [0.4, 0.5) is 0 Å². The minimum Gasteiger partial charge on any atom is -0.348 e. The fourth-order valence-electron chi connectivity index (χ4n) is 1.79. The molecule has 0 aliphatic carbocycles. The van der Waals surface area contributed by atoms with E-state index >= 15 is 0 Å². The molecular formula is C14H29N3O2. The van der Waals surface area contributed by atoms with Gasteiger partial charge in [0.15, 0.2) is 0 Å². The molecule has 0 aliphatic heterocycles. The molecule has 0 aromatic heterocycles. The highest BCUT2D eigenvalue weighted by Gasteiger charge is 2.17. The molecule has 0 radical (unpaired) electrons. The topological polar surface area (TPSA) is 52.7 Å². The monoisotopic (exact) mass is 271 g/mol. The predicted octanol–water partition coefficient (Wildman–Crippen LogP) is 1.09. The largest absolute Gasteiger partial charge is 0.348 e. The Balaban J connectivity index is 3.82. The number of nitrogens with one attached hydrogen (secondary N) is 1. The van der Waals surface area contributed by atoms with Crippen molar-refractivity contribution in [2.45, 2.75) is 40.0 Å². The van der Waals surface area contributed by atoms with Gasteiger partial charge in [-0.3, -0.25) is 9.59 Å². The Labute approximate surface area is 117 Å². The maximum Gasteiger partial charge on any atom is 0.311 e. The molecule has 2 amide bonds. The van der Waals surface area contributed by atoms with Crippen molar-refractivity contribution >= 4 is 11.8 Å². The van der Waals surface area contributed by atoms with E-state index in [9.17, 15) is 9.59 Å². The van der Waals surface area contributed by atoms with Crippen molar-refractivity contribution in [2.24, 2.45) is 0 Å². The first kappa shape index (κ1) is 17.9. The van der Waals surface area contributed by atoms with Gasteiger partial charge in [-0.05, 0) is 32.5 Å². The lowest BCUT2D eigenvalue weighted by Crippen LogP contribution is -2.42. The van der Waals surface area contributed by atoms with Gasteiger partial charge in [-0.2, -0.15) is 0 Å². The molecule has 0 aromatic rings. The number of rotatable bonds is 9. The molecule has 0 saturated carbocycles. The summed E-state index contributed by atoms with van der Waals surface area (Å²) in [7, 11) is 1.67. The van der Waals surface area contributed by atoms with Crippen LogP contribution in [0.1, 0.15) is 40.0 Å². The average molecular weight is 271 g/mol. The van der Waals surface area contributed by atoms with Gasteiger partial charge in [0.1, 0.15) is 0 Å². The third kappa shape index (κ3) is 7.82. The second kappa shape index (κ2) is 10.8. The Morgan fingerprint density at radius 2 is 1.63 bits per heavy atom. The van der Waals surface area contributed by atoms with E-state index in [0.717, 1.165) is 38.9 Å². The summed E-state index contributed by atoms with van der Waals surface area (Å²) in [6.45, 7) is 10.5. The van der Waals surface area contributed by atoms with E-state index in [4.69, 9.17) is 0 Å². The summed E-state index contributed by atoms with van der Waals surface area (Å²) in [6, 6.07) is 0. The summed E-state index contributed by atoms with van der Waals surface area (Å²) in [6.07, 6.45) is 2.82. The van der Waals surface area contributed by atoms with E-state index in [-0.39, 0.29) is 0 Å². The van der Waals surface area contributed by atoms with Gasteiger partial charge in [0.25, 0.3) is 0 Å². The van der Waals surface area contributed by atoms with Crippen molar-refractivity contribution in [2.75, 3.05) is 39.8 Å². The molecule has 0 rings (SSSR count). The molecule has 0 aliphatic rings. The highest BCUT2D eigenvalue weighted by Crippen LogP contribution is 1.93. The third-order valence-electron chi connectivity index (χ3n) is 3.22. The normalized spacial score (nSPS) is 10.6. The van der Waals surface area contributed by atoms with Crippen LogP contribution >= 0.6 is 0 Å². The van der Waals surface area contributed by atoms with Gasteiger partial charge in [-0.15, -0.1) is 0 Å². The lowest BCUT2D eigenvalue weighted by molar-refractivity contribution is -0.145. The summed E-state index contributed by atoms with van der Waals surface area (Å²) < 4.78 is 0. The second-order valence-corrected chi connectivity index (χ2v) is 4.72. The number of likely N-dealkylation sites (N-methyl/N-ethyl adjacent to an activating group) is 1. The molecule has 0 spiro atoms. The molecule has 1 N–H and O–H groups in total. The Kier molecular flexibility index (Phi) is 10.2. The molecule has 0 unspecified atom stereocenters. The summed E-state index contributed by atoms with van der Waals surface area (Å²) in [4.78, 5) is 27.1. The zero-order chi connectivity index (χ0) is 14.7. The van der Waals surface area contributed by atoms with Crippen LogP contribution in [0.5, 0.6) is 0 Å². The number of hydrogen-bond donors (Lipinski definition) is 1. The van der Waals surface area contributed by atoms with E-state index in [2.05, 4.69) is 31.0 Å². The van der Waals surface area contributed by atoms with E-state index in [0.29, 0.717) is 13.1 Å². The van der Waals surface area contributed by atoms with Crippen molar-refractivity contribution in [3.05, 3.63) is 0 Å². The van der Waals surface area contributed by atoms with Gasteiger partial charge in [-0.1, -0.05) is 27.2 Å². The molecule has 5 heteroatoms. The van der Waals surface area contributed by atoms with Gasteiger partial charge < -0.3 is 15.1 Å². The third-order valence-corrected chi connectivity index (χ3v) is 3.22. The number of carbonyl (C=O) groups is 2. The highest BCUT2D eigenvalue weighted by molar-refractivity contribution is 6.34. The standard InChI is InChI=1S/C14H29N3O2/c1-5-8-11-16(4)14(19)13(18)15-10-9-12-17(6-2)7-3/h5-12H2,1-4H3,(H,15,18). The van der Waals surface area contributed by atoms with Crippen LogP contribution in [-0.2, 0) is 9.59 Å². The van der Waals surface area contributed by atoms with E-state index in [1.54, 1.807) is 7.05 Å². The maximum absolute atomic E-state index is 11.7. The van der Waals surface area contributed by atoms with Crippen LogP contribution in [0, 0.1) is 0 Å². The molecule has 0 bridgehead atoms. The zero-order valence-electron chi connectivity index (χ0n) is 12.9. The lowest BCUT2D eigenvalue weighted by Gasteiger charge is -2.18. The molecule has 0 atom stereocenters. The van der Waals surface area contributed by atoms with Crippen molar-refractivity contribution < 1.29 is 9.59 Å². The predicted molar refractivity (Wildman–Crippen MR) is 78.0 cm³/mol. The molecule has 19 heavy (non-hydrogen) atoms. The number of amides is 2. The van der Waals surface area contributed by atoms with Crippen LogP contribution in [0.2, 0.25) is 0 Å². The van der Waals surface area contributed by atoms with Gasteiger partial charge in [-0.25, -0.2) is 0 Å². The summed E-state index contributed by atoms with van der Waals surface area (Å²) in [5.74, 6) is -0.922. The van der Waals surface area contributed by atoms with Crippen LogP contribution in [0.15, 0.2) is 0 Å². The smallest absolute Gasteiger partial charge is 0.311 e. The second-order valence-electron chi connectivity index (χ2n) is 4.72. The number of hydrogen-bond acceptors (Lipinski definition) is 3. The SMILES string of the molecule is CCCCN(C)C(=O)C(=O)NCCCN(CC)CC. The Morgan fingerprint density at radius 1 is 1.00 bits per heavy atom. The number of unbranched alkanes of at least 4 members (excludes halogenated alkanes) is 1. The fourth-order valence-corrected chi connectivity index (χ4v) is 1.79. The van der Waals surface area contributed by atoms with Crippen LogP contribution in [0.3, 0.4) is 0 Å². The molecule has 0 fully saturated rings. The first-order valence-corrected chi connectivity index (χ1v) is 7.32. The minimum absolute atomic E-state index is 0.434. The molecule has 0 heterocycles. The van der Waals surface area contributed by atoms with Crippen LogP contribution in [-0.4, -0.2) is 61.4 Å². The summed E-state index contributed by atoms with van der Waals surface area (Å²) >= 11 is 0. The van der Waals surface area contributed by atoms with E-state index < -0.39 is 11.8 Å². The van der Waals surface area contributed by atoms with Gasteiger partial charge in [0.05, 0.1) is 0 Å². The van der Waals surface area contributed by atoms with Crippen molar-refractivity contribution in [1.29, 1.82) is 0 Å². The molecule has 0 saturated heterocycles. The van der Waals surface area contributed by atoms with Crippen LogP contribution < -0.4 is 5.32 Å². The average Bonchev–Trinajstić information content (AvgIpc) is 2.43. The number of carbonyl (C=O) groups excluding carboxylic acids is 2. The molecule has 112 valence electrons. The Bertz CT molecular complexity index is 265. The quantitative estimate of drug-likeness (QED) is 0.504. The van der Waals surface area contributed by atoms with Crippen molar-refractivity contribution in [3.8, 4) is 0 Å². The first-order valence-electron chi connectivity index (χ1n) is 7.32. The zero-order valence-corrected chi connectivity index (χ0v) is 12.9. The van der Waals surface area contributed by atoms with Gasteiger partial charge >= 0.3 is 11.8 Å².